The molecular formula is C38H41NO6. The average Bonchev–Trinajstić information content (AvgIpc) is 3.86. The fourth-order valence-electron chi connectivity index (χ4n) is 14.6. The van der Waals surface area contributed by atoms with Gasteiger partial charge in [-0.05, 0) is 108 Å². The molecule has 12 atom stereocenters. The molecule has 7 nitrogen and oxygen atoms in total. The number of benzene rings is 3. The summed E-state index contributed by atoms with van der Waals surface area (Å²) in [5, 5.41) is 16.5. The Morgan fingerprint density at radius 2 is 1.27 bits per heavy atom. The van der Waals surface area contributed by atoms with Gasteiger partial charge in [0.2, 0.25) is 6.20 Å². The molecule has 7 aliphatic rings. The maximum atomic E-state index is 11.8. The van der Waals surface area contributed by atoms with Crippen LogP contribution < -0.4 is 9.47 Å². The van der Waals surface area contributed by atoms with Crippen molar-refractivity contribution in [3.05, 3.63) is 69.4 Å². The van der Waals surface area contributed by atoms with Crippen molar-refractivity contribution in [2.45, 2.75) is 37.5 Å². The first-order chi connectivity index (χ1) is 22.0. The summed E-state index contributed by atoms with van der Waals surface area (Å²) < 4.78 is 25.4. The molecule has 6 fully saturated rings. The van der Waals surface area contributed by atoms with E-state index in [0.717, 1.165) is 60.3 Å². The van der Waals surface area contributed by atoms with E-state index in [0.29, 0.717) is 59.2 Å². The van der Waals surface area contributed by atoms with Gasteiger partial charge >= 0.3 is 0 Å². The summed E-state index contributed by atoms with van der Waals surface area (Å²) >= 11 is 0. The van der Waals surface area contributed by atoms with Crippen LogP contribution in [0.2, 0.25) is 0 Å². The number of nitro groups is 1. The third-order valence-corrected chi connectivity index (χ3v) is 14.9. The van der Waals surface area contributed by atoms with E-state index < -0.39 is 0 Å². The van der Waals surface area contributed by atoms with Gasteiger partial charge in [-0.3, -0.25) is 10.1 Å². The van der Waals surface area contributed by atoms with Gasteiger partial charge in [-0.25, -0.2) is 0 Å². The molecule has 7 aliphatic carbocycles. The number of fused-ring (bicyclic) bond motifs is 24. The van der Waals surface area contributed by atoms with Gasteiger partial charge in [0.1, 0.15) is 11.5 Å². The molecule has 6 saturated carbocycles. The van der Waals surface area contributed by atoms with Crippen LogP contribution in [0.4, 0.5) is 0 Å². The molecule has 0 saturated heterocycles. The predicted octanol–water partition coefficient (Wildman–Crippen LogP) is 7.19. The largest absolute Gasteiger partial charge is 0.496 e. The molecule has 3 aromatic carbocycles. The zero-order valence-electron chi connectivity index (χ0n) is 26.5. The first-order valence-electron chi connectivity index (χ1n) is 16.9. The lowest BCUT2D eigenvalue weighted by Crippen LogP contribution is -2.74. The zero-order chi connectivity index (χ0) is 30.6. The van der Waals surface area contributed by atoms with E-state index in [2.05, 4.69) is 36.4 Å². The third kappa shape index (κ3) is 2.74. The van der Waals surface area contributed by atoms with Crippen molar-refractivity contribution in [2.75, 3.05) is 41.7 Å². The number of methoxy groups -OCH3 is 4. The van der Waals surface area contributed by atoms with Crippen LogP contribution in [0.1, 0.15) is 48.6 Å². The number of allylic oxidation sites excluding steroid dienone is 1. The Labute approximate surface area is 263 Å². The lowest BCUT2D eigenvalue weighted by atomic mass is 9.29. The van der Waals surface area contributed by atoms with Gasteiger partial charge in [0.15, 0.2) is 0 Å². The minimum atomic E-state index is -0.188. The maximum Gasteiger partial charge on any atom is 0.234 e. The maximum absolute atomic E-state index is 11.8. The molecule has 0 heterocycles. The summed E-state index contributed by atoms with van der Waals surface area (Å²) in [6, 6.07) is 13.1. The molecule has 3 aromatic rings. The second kappa shape index (κ2) is 8.80. The van der Waals surface area contributed by atoms with E-state index in [1.165, 1.54) is 34.5 Å². The number of nitrogens with zero attached hydrogens (tertiary/aromatic N) is 1. The van der Waals surface area contributed by atoms with Crippen LogP contribution in [0.15, 0.2) is 48.2 Å². The summed E-state index contributed by atoms with van der Waals surface area (Å²) in [5.74, 6) is 6.54. The Kier molecular flexibility index (Phi) is 5.28. The van der Waals surface area contributed by atoms with Crippen LogP contribution in [0.3, 0.4) is 0 Å². The summed E-state index contributed by atoms with van der Waals surface area (Å²) in [6.45, 7) is 1.48. The fraction of sp³-hybridized carbons (Fsp3) is 0.579. The Morgan fingerprint density at radius 1 is 0.778 bits per heavy atom. The van der Waals surface area contributed by atoms with Crippen molar-refractivity contribution in [1.82, 2.24) is 0 Å². The first-order valence-corrected chi connectivity index (χ1v) is 16.9. The molecule has 0 amide bonds. The van der Waals surface area contributed by atoms with E-state index >= 15 is 0 Å². The van der Waals surface area contributed by atoms with Gasteiger partial charge in [0.05, 0.1) is 32.4 Å². The van der Waals surface area contributed by atoms with Crippen LogP contribution in [0.5, 0.6) is 11.5 Å². The van der Waals surface area contributed by atoms with Gasteiger partial charge in [-0.2, -0.15) is 0 Å². The average molecular weight is 608 g/mol. The molecule has 0 N–H and O–H groups in total. The Bertz CT molecular complexity index is 1730. The predicted molar refractivity (Wildman–Crippen MR) is 170 cm³/mol. The van der Waals surface area contributed by atoms with E-state index in [1.54, 1.807) is 0 Å². The van der Waals surface area contributed by atoms with E-state index in [-0.39, 0.29) is 15.8 Å². The molecule has 6 bridgehead atoms. The van der Waals surface area contributed by atoms with Gasteiger partial charge in [-0.1, -0.05) is 24.3 Å². The number of rotatable bonds is 7. The molecular weight excluding hydrogens is 566 g/mol. The minimum absolute atomic E-state index is 0.00611. The van der Waals surface area contributed by atoms with E-state index in [4.69, 9.17) is 18.9 Å². The van der Waals surface area contributed by atoms with E-state index in [1.807, 2.05) is 28.4 Å². The Hall–Kier alpha value is -3.16. The third-order valence-electron chi connectivity index (χ3n) is 14.9. The minimum Gasteiger partial charge on any atom is -0.496 e. The monoisotopic (exact) mass is 607 g/mol. The highest BCUT2D eigenvalue weighted by Gasteiger charge is 2.90. The van der Waals surface area contributed by atoms with Crippen LogP contribution in [-0.2, 0) is 9.47 Å². The highest BCUT2D eigenvalue weighted by Crippen LogP contribution is 2.93. The van der Waals surface area contributed by atoms with Gasteiger partial charge in [-0.15, -0.1) is 0 Å². The van der Waals surface area contributed by atoms with Crippen molar-refractivity contribution in [1.29, 1.82) is 0 Å². The lowest BCUT2D eigenvalue weighted by Gasteiger charge is -2.74. The molecule has 0 spiro atoms. The Morgan fingerprint density at radius 3 is 1.69 bits per heavy atom. The quantitative estimate of drug-likeness (QED) is 0.0930. The summed E-state index contributed by atoms with van der Waals surface area (Å²) in [6.07, 6.45) is 5.94. The fourth-order valence-corrected chi connectivity index (χ4v) is 14.6. The van der Waals surface area contributed by atoms with Crippen LogP contribution in [-0.4, -0.2) is 46.6 Å². The second-order valence-electron chi connectivity index (χ2n) is 15.4. The van der Waals surface area contributed by atoms with Crippen molar-refractivity contribution >= 4 is 21.5 Å². The topological polar surface area (TPSA) is 80.1 Å². The summed E-state index contributed by atoms with van der Waals surface area (Å²) in [4.78, 5) is 11.6. The van der Waals surface area contributed by atoms with Crippen LogP contribution >= 0.6 is 0 Å². The smallest absolute Gasteiger partial charge is 0.234 e. The molecule has 10 rings (SSSR count). The molecule has 234 valence electrons. The molecule has 0 radical (unpaired) electrons. The van der Waals surface area contributed by atoms with Gasteiger partial charge < -0.3 is 18.9 Å². The molecule has 0 unspecified atom stereocenters. The van der Waals surface area contributed by atoms with Gasteiger partial charge in [0, 0.05) is 52.5 Å². The highest BCUT2D eigenvalue weighted by molar-refractivity contribution is 6.05. The molecule has 7 heteroatoms. The van der Waals surface area contributed by atoms with Crippen LogP contribution in [0.25, 0.3) is 21.5 Å². The number of hydrogen-bond acceptors (Lipinski definition) is 6. The van der Waals surface area contributed by atoms with Crippen molar-refractivity contribution in [3.63, 3.8) is 0 Å². The SMILES string of the molecule is COC[C@@]12[C@@H]3[C@@H]([C@@H]4C[C@H]3c3c4c(OC)c4cc5ccccc5cc4c3OC)[C@]1(COC)[C@@H]1C[C@H]2[C@@H]2[C@H]1[C@@H]1CC[C@H]2C1=C[N+](=O)[O-]. The molecule has 0 aromatic heterocycles. The number of hydrogen-bond donors (Lipinski definition) is 0. The highest BCUT2D eigenvalue weighted by atomic mass is 16.6. The lowest BCUT2D eigenvalue weighted by molar-refractivity contribution is -0.404. The van der Waals surface area contributed by atoms with Crippen molar-refractivity contribution in [2.24, 2.45) is 58.2 Å². The van der Waals surface area contributed by atoms with E-state index in [9.17, 15) is 10.1 Å². The molecule has 45 heavy (non-hydrogen) atoms. The summed E-state index contributed by atoms with van der Waals surface area (Å²) in [5.41, 5.74) is 3.89. The normalized spacial score (nSPS) is 43.1. The van der Waals surface area contributed by atoms with Crippen molar-refractivity contribution in [3.8, 4) is 11.5 Å². The standard InChI is InChI=1S/C38H41NO6/c1-42-16-37-27-14-28(30-21-10-9-20(29(27)30)26(21)15-39(40)41)38(37,17-43-2)34-25-13-24(33(34)37)31-32(25)36(45-4)23-12-19-8-6-5-7-18(19)11-22(23)35(31)44-3/h5-8,11-12,15,20-21,24-25,27-30,33-34H,9-10,13-14,16-17H2,1-4H3/t20-,21+,24-,25+,27-,28+,29+,30-,33-,34+,37+,38-. The van der Waals surface area contributed by atoms with Crippen LogP contribution in [0, 0.1) is 68.3 Å². The molecule has 0 aliphatic heterocycles. The number of ether oxygens (including phenoxy) is 4. The second-order valence-corrected chi connectivity index (χ2v) is 15.4. The van der Waals surface area contributed by atoms with Crippen molar-refractivity contribution < 1.29 is 23.9 Å². The first kappa shape index (κ1) is 27.0. The van der Waals surface area contributed by atoms with Gasteiger partial charge in [0.25, 0.3) is 0 Å². The zero-order valence-corrected chi connectivity index (χ0v) is 26.5. The summed E-state index contributed by atoms with van der Waals surface area (Å²) in [7, 11) is 7.43. The Balaban J connectivity index is 1.20.